The smallest absolute Gasteiger partial charge is 0.0725 e. The molecule has 4 aliphatic carbocycles. The average molecular weight is 1060 g/mol. The van der Waals surface area contributed by atoms with Crippen molar-refractivity contribution in [1.29, 1.82) is 0 Å². The highest BCUT2D eigenvalue weighted by atomic mass is 14.5. The molecule has 432 valence electrons. The highest BCUT2D eigenvalue weighted by Crippen LogP contribution is 2.64. The standard InChI is InChI=1S/2C25H16.12C2H6.4CH4/c2*1-5-13-21-17(9-1)18-10-2-6-14-22(18)25(21)23-15-7-3-11-19(23)20-12-4-8-16-24(20)25;12*1-2;;;;/h2*1-16H;12*1-2H3;4*1H4. The molecule has 0 aliphatic heterocycles. The molecule has 0 heterocycles. The predicted octanol–water partition coefficient (Wildman–Crippen LogP) is 26.9. The molecule has 0 nitrogen and oxygen atoms in total. The lowest BCUT2D eigenvalue weighted by molar-refractivity contribution is 0.794. The van der Waals surface area contributed by atoms with Gasteiger partial charge in [0.15, 0.2) is 0 Å². The van der Waals surface area contributed by atoms with Gasteiger partial charge in [-0.3, -0.25) is 0 Å². The van der Waals surface area contributed by atoms with Crippen molar-refractivity contribution in [1.82, 2.24) is 0 Å². The van der Waals surface area contributed by atoms with Gasteiger partial charge < -0.3 is 0 Å². The fourth-order valence-corrected chi connectivity index (χ4v) is 10.1. The summed E-state index contributed by atoms with van der Waals surface area (Å²) in [5.41, 5.74) is 21.8. The van der Waals surface area contributed by atoms with E-state index in [0.717, 1.165) is 0 Å². The first kappa shape index (κ1) is 83.1. The largest absolute Gasteiger partial charge is 0.0776 e. The van der Waals surface area contributed by atoms with Crippen molar-refractivity contribution >= 4 is 0 Å². The van der Waals surface area contributed by atoms with E-state index in [2.05, 4.69) is 194 Å². The second-order valence-corrected chi connectivity index (χ2v) is 13.9. The Morgan fingerprint density at radius 2 is 0.218 bits per heavy atom. The first-order chi connectivity index (χ1) is 36.8. The van der Waals surface area contributed by atoms with Gasteiger partial charge in [-0.25, -0.2) is 0 Å². The van der Waals surface area contributed by atoms with Gasteiger partial charge in [0.2, 0.25) is 0 Å². The summed E-state index contributed by atoms with van der Waals surface area (Å²) in [4.78, 5) is 0. The maximum atomic E-state index is 2.31. The molecule has 0 radical (unpaired) electrons. The fourth-order valence-electron chi connectivity index (χ4n) is 10.1. The first-order valence-corrected chi connectivity index (χ1v) is 29.6. The van der Waals surface area contributed by atoms with Crippen LogP contribution in [-0.4, -0.2) is 0 Å². The minimum atomic E-state index is -0.180. The van der Waals surface area contributed by atoms with E-state index in [0.29, 0.717) is 0 Å². The molecule has 0 saturated heterocycles. The molecule has 0 fully saturated rings. The summed E-state index contributed by atoms with van der Waals surface area (Å²) in [6.07, 6.45) is 0. The Kier molecular flexibility index (Phi) is 49.9. The van der Waals surface area contributed by atoms with Crippen molar-refractivity contribution in [3.63, 3.8) is 0 Å². The van der Waals surface area contributed by atoms with Crippen LogP contribution in [-0.2, 0) is 10.8 Å². The normalized spacial score (nSPS) is 10.4. The Balaban J connectivity index is -0.000000232. The summed E-state index contributed by atoms with van der Waals surface area (Å²) in [5.74, 6) is 0. The quantitative estimate of drug-likeness (QED) is 0.142. The monoisotopic (exact) mass is 1060 g/mol. The van der Waals surface area contributed by atoms with Crippen LogP contribution in [0.1, 0.15) is 240 Å². The molecule has 0 saturated carbocycles. The molecule has 78 heavy (non-hydrogen) atoms. The molecule has 0 aromatic heterocycles. The average Bonchev–Trinajstić information content (AvgIpc) is 4.23. The molecule has 0 amide bonds. The van der Waals surface area contributed by atoms with Crippen LogP contribution in [0, 0.1) is 0 Å². The number of rotatable bonds is 0. The van der Waals surface area contributed by atoms with Gasteiger partial charge in [0.25, 0.3) is 0 Å². The Bertz CT molecular complexity index is 2110. The van der Waals surface area contributed by atoms with E-state index in [4.69, 9.17) is 0 Å². The molecule has 8 aromatic carbocycles. The summed E-state index contributed by atoms with van der Waals surface area (Å²) in [5, 5.41) is 0. The lowest BCUT2D eigenvalue weighted by Crippen LogP contribution is -2.25. The van der Waals surface area contributed by atoms with Crippen molar-refractivity contribution < 1.29 is 0 Å². The maximum absolute atomic E-state index is 2.31. The highest BCUT2D eigenvalue weighted by Gasteiger charge is 2.52. The van der Waals surface area contributed by atoms with Gasteiger partial charge in [0.1, 0.15) is 0 Å². The third-order valence-corrected chi connectivity index (χ3v) is 11.8. The Morgan fingerprint density at radius 1 is 0.141 bits per heavy atom. The van der Waals surface area contributed by atoms with Gasteiger partial charge in [-0.1, -0.05) is 390 Å². The van der Waals surface area contributed by atoms with E-state index >= 15 is 0 Å². The molecule has 2 spiro atoms. The molecular weight excluding hydrogens is 937 g/mol. The molecule has 0 atom stereocenters. The third-order valence-electron chi connectivity index (χ3n) is 11.8. The molecular formula is C78H120. The van der Waals surface area contributed by atoms with Crippen LogP contribution in [0.2, 0.25) is 0 Å². The van der Waals surface area contributed by atoms with Crippen molar-refractivity contribution in [2.75, 3.05) is 0 Å². The summed E-state index contributed by atoms with van der Waals surface area (Å²) in [6.45, 7) is 48.0. The number of benzene rings is 8. The molecule has 12 rings (SSSR count). The van der Waals surface area contributed by atoms with Crippen LogP contribution in [0.25, 0.3) is 44.5 Å². The van der Waals surface area contributed by atoms with E-state index in [9.17, 15) is 0 Å². The van der Waals surface area contributed by atoms with E-state index < -0.39 is 0 Å². The summed E-state index contributed by atoms with van der Waals surface area (Å²) >= 11 is 0. The van der Waals surface area contributed by atoms with Gasteiger partial charge in [0.05, 0.1) is 10.8 Å². The van der Waals surface area contributed by atoms with Crippen molar-refractivity contribution in [2.45, 2.75) is 207 Å². The van der Waals surface area contributed by atoms with Crippen LogP contribution in [0.4, 0.5) is 0 Å². The van der Waals surface area contributed by atoms with Crippen molar-refractivity contribution in [2.24, 2.45) is 0 Å². The van der Waals surface area contributed by atoms with Gasteiger partial charge in [0, 0.05) is 0 Å². The van der Waals surface area contributed by atoms with Gasteiger partial charge in [-0.2, -0.15) is 0 Å². The van der Waals surface area contributed by atoms with Gasteiger partial charge >= 0.3 is 0 Å². The molecule has 0 bridgehead atoms. The van der Waals surface area contributed by atoms with Crippen LogP contribution in [0.5, 0.6) is 0 Å². The van der Waals surface area contributed by atoms with Crippen LogP contribution in [0.15, 0.2) is 194 Å². The number of fused-ring (bicyclic) bond motifs is 20. The molecule has 8 aromatic rings. The molecule has 0 unspecified atom stereocenters. The summed E-state index contributed by atoms with van der Waals surface area (Å²) < 4.78 is 0. The zero-order chi connectivity index (χ0) is 56.9. The van der Waals surface area contributed by atoms with Crippen molar-refractivity contribution in [3.05, 3.63) is 239 Å². The van der Waals surface area contributed by atoms with E-state index in [1.807, 2.05) is 166 Å². The predicted molar refractivity (Wildman–Crippen MR) is 369 cm³/mol. The third kappa shape index (κ3) is 15.5. The molecule has 4 aliphatic rings. The Labute approximate surface area is 487 Å². The molecule has 0 heteroatoms. The Hall–Kier alpha value is -6.24. The zero-order valence-electron chi connectivity index (χ0n) is 51.5. The van der Waals surface area contributed by atoms with Gasteiger partial charge in [-0.15, -0.1) is 0 Å². The minimum absolute atomic E-state index is 0. The SMILES string of the molecule is C.C.C.C.CC.CC.CC.CC.CC.CC.CC.CC.CC.CC.CC.CC.c1ccc2c(c1)-c1ccccc1C21c2ccccc2-c2ccccc21.c1ccc2c(c1)-c1ccccc1C21c2ccccc2-c2ccccc21. The summed E-state index contributed by atoms with van der Waals surface area (Å²) in [7, 11) is 0. The highest BCUT2D eigenvalue weighted by molar-refractivity contribution is 5.96. The lowest BCUT2D eigenvalue weighted by atomic mass is 9.70. The Morgan fingerprint density at radius 3 is 0.308 bits per heavy atom. The number of hydrogen-bond donors (Lipinski definition) is 0. The van der Waals surface area contributed by atoms with Crippen molar-refractivity contribution in [3.8, 4) is 44.5 Å². The van der Waals surface area contributed by atoms with E-state index in [1.165, 1.54) is 89.0 Å². The molecule has 0 N–H and O–H groups in total. The topological polar surface area (TPSA) is 0 Å². The second-order valence-electron chi connectivity index (χ2n) is 13.9. The number of hydrogen-bond acceptors (Lipinski definition) is 0. The zero-order valence-corrected chi connectivity index (χ0v) is 51.5. The lowest BCUT2D eigenvalue weighted by Gasteiger charge is -2.30. The summed E-state index contributed by atoms with van der Waals surface area (Å²) in [6, 6.07) is 71.3. The van der Waals surface area contributed by atoms with Crippen LogP contribution < -0.4 is 0 Å². The fraction of sp³-hybridized carbons (Fsp3) is 0.385. The van der Waals surface area contributed by atoms with Gasteiger partial charge in [-0.05, 0) is 89.0 Å². The van der Waals surface area contributed by atoms with E-state index in [-0.39, 0.29) is 40.5 Å². The van der Waals surface area contributed by atoms with Crippen LogP contribution in [0.3, 0.4) is 0 Å². The minimum Gasteiger partial charge on any atom is -0.0776 e. The second kappa shape index (κ2) is 46.8. The van der Waals surface area contributed by atoms with E-state index in [1.54, 1.807) is 0 Å². The first-order valence-electron chi connectivity index (χ1n) is 29.6. The van der Waals surface area contributed by atoms with Crippen LogP contribution >= 0.6 is 0 Å². The maximum Gasteiger partial charge on any atom is 0.0725 e.